The molecule has 0 radical (unpaired) electrons. The first-order chi connectivity index (χ1) is 8.84. The molecule has 0 atom stereocenters. The first kappa shape index (κ1) is 15.9. The maximum Gasteiger partial charge on any atom is 0.410 e. The van der Waals surface area contributed by atoms with Crippen LogP contribution in [0, 0.1) is 5.41 Å². The van der Waals surface area contributed by atoms with Crippen LogP contribution < -0.4 is 0 Å². The molecule has 2 rings (SSSR count). The summed E-state index contributed by atoms with van der Waals surface area (Å²) in [6.45, 7) is 11.3. The van der Waals surface area contributed by atoms with Crippen LogP contribution in [0.25, 0.3) is 0 Å². The van der Waals surface area contributed by atoms with Crippen molar-refractivity contribution >= 4 is 6.09 Å². The first-order valence-electron chi connectivity index (χ1n) is 7.02. The van der Waals surface area contributed by atoms with Crippen LogP contribution in [0.5, 0.6) is 0 Å². The van der Waals surface area contributed by atoms with Gasteiger partial charge < -0.3 is 14.4 Å². The molecule has 0 unspecified atom stereocenters. The second-order valence-corrected chi connectivity index (χ2v) is 6.20. The molecule has 0 aromatic rings. The van der Waals surface area contributed by atoms with Gasteiger partial charge in [-0.15, -0.1) is 0 Å². The Balaban J connectivity index is 0.000000861. The van der Waals surface area contributed by atoms with E-state index in [0.717, 1.165) is 25.9 Å². The molecule has 19 heavy (non-hydrogen) atoms. The molecule has 1 heterocycles. The highest BCUT2D eigenvalue weighted by atomic mass is 16.6. The number of hydrogen-bond acceptors (Lipinski definition) is 3. The van der Waals surface area contributed by atoms with Crippen molar-refractivity contribution in [2.24, 2.45) is 5.41 Å². The van der Waals surface area contributed by atoms with Gasteiger partial charge in [-0.25, -0.2) is 4.79 Å². The molecule has 0 aromatic carbocycles. The van der Waals surface area contributed by atoms with Crippen LogP contribution in [0.2, 0.25) is 0 Å². The maximum atomic E-state index is 11.7. The lowest BCUT2D eigenvalue weighted by atomic mass is 9.61. The van der Waals surface area contributed by atoms with Gasteiger partial charge in [-0.3, -0.25) is 0 Å². The standard InChI is InChI=1S/C13H21NO3.C2H6/c1-12(2,3)17-11(15)14-8-13(9-14)5-10(6-13)7-16-4;1-2/h7H,5-6,8-9H2,1-4H3;1-2H3. The van der Waals surface area contributed by atoms with Crippen LogP contribution in [0.4, 0.5) is 4.79 Å². The van der Waals surface area contributed by atoms with Gasteiger partial charge in [0.05, 0.1) is 13.4 Å². The van der Waals surface area contributed by atoms with Crippen molar-refractivity contribution in [3.05, 3.63) is 11.8 Å². The van der Waals surface area contributed by atoms with E-state index in [0.29, 0.717) is 5.41 Å². The van der Waals surface area contributed by atoms with E-state index < -0.39 is 5.60 Å². The Bertz CT molecular complexity index is 339. The number of likely N-dealkylation sites (tertiary alicyclic amines) is 1. The normalized spacial score (nSPS) is 19.7. The Labute approximate surface area is 116 Å². The average molecular weight is 269 g/mol. The smallest absolute Gasteiger partial charge is 0.410 e. The van der Waals surface area contributed by atoms with E-state index in [9.17, 15) is 4.79 Å². The van der Waals surface area contributed by atoms with Crippen LogP contribution in [0.1, 0.15) is 47.5 Å². The molecule has 1 aliphatic heterocycles. The van der Waals surface area contributed by atoms with Crippen molar-refractivity contribution in [3.63, 3.8) is 0 Å². The van der Waals surface area contributed by atoms with Gasteiger partial charge in [0.15, 0.2) is 0 Å². The number of carbonyl (C=O) groups is 1. The molecule has 1 amide bonds. The Morgan fingerprint density at radius 3 is 2.21 bits per heavy atom. The fourth-order valence-corrected chi connectivity index (χ4v) is 2.60. The molecular weight excluding hydrogens is 242 g/mol. The second-order valence-electron chi connectivity index (χ2n) is 6.20. The highest BCUT2D eigenvalue weighted by Gasteiger charge is 2.52. The first-order valence-corrected chi connectivity index (χ1v) is 7.02. The average Bonchev–Trinajstić information content (AvgIpc) is 2.19. The summed E-state index contributed by atoms with van der Waals surface area (Å²) in [5, 5.41) is 0. The van der Waals surface area contributed by atoms with Crippen molar-refractivity contribution in [3.8, 4) is 0 Å². The third-order valence-corrected chi connectivity index (χ3v) is 3.19. The van der Waals surface area contributed by atoms with Gasteiger partial charge >= 0.3 is 6.09 Å². The predicted molar refractivity (Wildman–Crippen MR) is 75.9 cm³/mol. The summed E-state index contributed by atoms with van der Waals surface area (Å²) in [6, 6.07) is 0. The van der Waals surface area contributed by atoms with E-state index in [2.05, 4.69) is 0 Å². The largest absolute Gasteiger partial charge is 0.504 e. The molecule has 0 aromatic heterocycles. The Morgan fingerprint density at radius 2 is 1.79 bits per heavy atom. The fraction of sp³-hybridized carbons (Fsp3) is 0.800. The molecule has 4 heteroatoms. The highest BCUT2D eigenvalue weighted by Crippen LogP contribution is 2.51. The van der Waals surface area contributed by atoms with Gasteiger partial charge in [0.2, 0.25) is 0 Å². The molecule has 2 aliphatic rings. The molecule has 0 N–H and O–H groups in total. The lowest BCUT2D eigenvalue weighted by Crippen LogP contribution is -2.62. The fourth-order valence-electron chi connectivity index (χ4n) is 2.60. The van der Waals surface area contributed by atoms with E-state index in [1.807, 2.05) is 40.9 Å². The zero-order chi connectivity index (χ0) is 14.7. The summed E-state index contributed by atoms with van der Waals surface area (Å²) in [4.78, 5) is 13.5. The molecular formula is C15H27NO3. The zero-order valence-corrected chi connectivity index (χ0v) is 13.1. The van der Waals surface area contributed by atoms with Crippen LogP contribution in [-0.2, 0) is 9.47 Å². The third kappa shape index (κ3) is 3.88. The zero-order valence-electron chi connectivity index (χ0n) is 13.1. The minimum Gasteiger partial charge on any atom is -0.504 e. The van der Waals surface area contributed by atoms with Crippen molar-refractivity contribution in [1.29, 1.82) is 0 Å². The Kier molecular flexibility index (Phi) is 4.88. The van der Waals surface area contributed by atoms with Crippen LogP contribution in [-0.4, -0.2) is 36.8 Å². The number of nitrogens with zero attached hydrogens (tertiary/aromatic N) is 1. The molecule has 2 fully saturated rings. The lowest BCUT2D eigenvalue weighted by Gasteiger charge is -2.56. The van der Waals surface area contributed by atoms with Gasteiger partial charge in [-0.05, 0) is 39.2 Å². The SMILES string of the molecule is CC.COC=C1CC2(C1)CN(C(=O)OC(C)(C)C)C2. The number of methoxy groups -OCH3 is 1. The summed E-state index contributed by atoms with van der Waals surface area (Å²) in [7, 11) is 1.67. The minimum atomic E-state index is -0.402. The highest BCUT2D eigenvalue weighted by molar-refractivity contribution is 5.69. The Hall–Kier alpha value is -1.19. The third-order valence-electron chi connectivity index (χ3n) is 3.19. The molecule has 0 bridgehead atoms. The summed E-state index contributed by atoms with van der Waals surface area (Å²) in [6.07, 6.45) is 3.74. The minimum absolute atomic E-state index is 0.188. The molecule has 4 nitrogen and oxygen atoms in total. The maximum absolute atomic E-state index is 11.7. The number of carbonyl (C=O) groups excluding carboxylic acids is 1. The summed E-state index contributed by atoms with van der Waals surface area (Å²) >= 11 is 0. The molecule has 1 aliphatic carbocycles. The van der Waals surface area contributed by atoms with E-state index in [1.54, 1.807) is 12.0 Å². The monoisotopic (exact) mass is 269 g/mol. The van der Waals surface area contributed by atoms with E-state index >= 15 is 0 Å². The molecule has 1 saturated carbocycles. The van der Waals surface area contributed by atoms with Crippen molar-refractivity contribution in [1.82, 2.24) is 4.90 Å². The summed E-state index contributed by atoms with van der Waals surface area (Å²) in [5.41, 5.74) is 1.26. The van der Waals surface area contributed by atoms with E-state index in [4.69, 9.17) is 9.47 Å². The van der Waals surface area contributed by atoms with Gasteiger partial charge in [0, 0.05) is 18.5 Å². The quantitative estimate of drug-likeness (QED) is 0.683. The second kappa shape index (κ2) is 5.85. The summed E-state index contributed by atoms with van der Waals surface area (Å²) < 4.78 is 10.3. The molecule has 1 saturated heterocycles. The van der Waals surface area contributed by atoms with Gasteiger partial charge in [-0.1, -0.05) is 13.8 Å². The number of allylic oxidation sites excluding steroid dienone is 1. The summed E-state index contributed by atoms with van der Waals surface area (Å²) in [5.74, 6) is 0. The van der Waals surface area contributed by atoms with Crippen molar-refractivity contribution in [2.45, 2.75) is 53.1 Å². The lowest BCUT2D eigenvalue weighted by molar-refractivity contribution is -0.0511. The van der Waals surface area contributed by atoms with Gasteiger partial charge in [0.1, 0.15) is 5.60 Å². The van der Waals surface area contributed by atoms with E-state index in [1.165, 1.54) is 5.57 Å². The van der Waals surface area contributed by atoms with Crippen molar-refractivity contribution < 1.29 is 14.3 Å². The van der Waals surface area contributed by atoms with Crippen LogP contribution >= 0.6 is 0 Å². The Morgan fingerprint density at radius 1 is 1.26 bits per heavy atom. The van der Waals surface area contributed by atoms with Crippen LogP contribution in [0.15, 0.2) is 11.8 Å². The van der Waals surface area contributed by atoms with Gasteiger partial charge in [-0.2, -0.15) is 0 Å². The number of rotatable bonds is 1. The predicted octanol–water partition coefficient (Wildman–Crippen LogP) is 3.57. The van der Waals surface area contributed by atoms with Crippen molar-refractivity contribution in [2.75, 3.05) is 20.2 Å². The molecule has 1 spiro atoms. The number of hydrogen-bond donors (Lipinski definition) is 0. The van der Waals surface area contributed by atoms with Gasteiger partial charge in [0.25, 0.3) is 0 Å². The number of ether oxygens (including phenoxy) is 2. The van der Waals surface area contributed by atoms with E-state index in [-0.39, 0.29) is 6.09 Å². The topological polar surface area (TPSA) is 38.8 Å². The van der Waals surface area contributed by atoms with Crippen LogP contribution in [0.3, 0.4) is 0 Å². The molecule has 110 valence electrons. The number of amides is 1.